The van der Waals surface area contributed by atoms with Crippen LogP contribution in [0.4, 0.5) is 0 Å². The van der Waals surface area contributed by atoms with Gasteiger partial charge in [-0.1, -0.05) is 41.9 Å². The smallest absolute Gasteiger partial charge is 0.276 e. The summed E-state index contributed by atoms with van der Waals surface area (Å²) in [4.78, 5) is 23.6. The maximum Gasteiger partial charge on any atom is 0.276 e. The standard InChI is InChI=1S/C21H25BrN2O4/c1-4-14(2)16-5-7-17(8-6-16)27-12-20(25)23-24-21(26)13-28-18-9-10-19(22)15(3)11-18/h5-11,14H,4,12-13H2,1-3H3,(H,23,25)(H,24,26)/t14-/m1/s1. The summed E-state index contributed by atoms with van der Waals surface area (Å²) in [6.07, 6.45) is 1.06. The summed E-state index contributed by atoms with van der Waals surface area (Å²) in [6, 6.07) is 13.1. The van der Waals surface area contributed by atoms with Gasteiger partial charge in [-0.3, -0.25) is 20.4 Å². The van der Waals surface area contributed by atoms with Crippen LogP contribution in [0.2, 0.25) is 0 Å². The zero-order chi connectivity index (χ0) is 20.5. The molecule has 0 bridgehead atoms. The minimum Gasteiger partial charge on any atom is -0.484 e. The number of halogens is 1. The molecule has 7 heteroatoms. The van der Waals surface area contributed by atoms with E-state index in [0.29, 0.717) is 17.4 Å². The Morgan fingerprint density at radius 2 is 1.50 bits per heavy atom. The predicted octanol–water partition coefficient (Wildman–Crippen LogP) is 3.88. The monoisotopic (exact) mass is 448 g/mol. The molecule has 0 aliphatic carbocycles. The molecule has 0 radical (unpaired) electrons. The molecule has 0 heterocycles. The van der Waals surface area contributed by atoms with Gasteiger partial charge in [0.2, 0.25) is 0 Å². The number of amides is 2. The van der Waals surface area contributed by atoms with Crippen LogP contribution in [0.5, 0.6) is 11.5 Å². The Morgan fingerprint density at radius 1 is 0.964 bits per heavy atom. The van der Waals surface area contributed by atoms with E-state index in [4.69, 9.17) is 9.47 Å². The lowest BCUT2D eigenvalue weighted by atomic mass is 9.99. The Bertz CT molecular complexity index is 809. The van der Waals surface area contributed by atoms with E-state index in [1.807, 2.05) is 43.3 Å². The van der Waals surface area contributed by atoms with Crippen molar-refractivity contribution < 1.29 is 19.1 Å². The van der Waals surface area contributed by atoms with Gasteiger partial charge in [-0.25, -0.2) is 0 Å². The molecule has 6 nitrogen and oxygen atoms in total. The molecule has 2 rings (SSSR count). The maximum absolute atomic E-state index is 11.8. The molecule has 0 aliphatic rings. The molecule has 0 aliphatic heterocycles. The van der Waals surface area contributed by atoms with E-state index in [0.717, 1.165) is 16.5 Å². The molecule has 0 unspecified atom stereocenters. The third-order valence-electron chi connectivity index (χ3n) is 4.27. The van der Waals surface area contributed by atoms with Gasteiger partial charge in [0.25, 0.3) is 11.8 Å². The van der Waals surface area contributed by atoms with Crippen LogP contribution in [-0.4, -0.2) is 25.0 Å². The maximum atomic E-state index is 11.8. The van der Waals surface area contributed by atoms with Gasteiger partial charge >= 0.3 is 0 Å². The minimum atomic E-state index is -0.466. The Hall–Kier alpha value is -2.54. The van der Waals surface area contributed by atoms with E-state index in [-0.39, 0.29) is 13.2 Å². The van der Waals surface area contributed by atoms with Crippen LogP contribution < -0.4 is 20.3 Å². The second-order valence-corrected chi connectivity index (χ2v) is 7.32. The van der Waals surface area contributed by atoms with E-state index in [9.17, 15) is 9.59 Å². The van der Waals surface area contributed by atoms with E-state index < -0.39 is 11.8 Å². The molecular formula is C21H25BrN2O4. The van der Waals surface area contributed by atoms with Crippen molar-refractivity contribution >= 4 is 27.7 Å². The number of carbonyl (C=O) groups excluding carboxylic acids is 2. The Morgan fingerprint density at radius 3 is 2.04 bits per heavy atom. The third-order valence-corrected chi connectivity index (χ3v) is 5.16. The Kier molecular flexibility index (Phi) is 8.32. The predicted molar refractivity (Wildman–Crippen MR) is 111 cm³/mol. The summed E-state index contributed by atoms with van der Waals surface area (Å²) in [7, 11) is 0. The van der Waals surface area contributed by atoms with Gasteiger partial charge in [0, 0.05) is 4.47 Å². The van der Waals surface area contributed by atoms with Crippen molar-refractivity contribution in [2.24, 2.45) is 0 Å². The molecule has 1 atom stereocenters. The van der Waals surface area contributed by atoms with Crippen LogP contribution in [0, 0.1) is 6.92 Å². The molecule has 2 N–H and O–H groups in total. The lowest BCUT2D eigenvalue weighted by molar-refractivity contribution is -0.131. The van der Waals surface area contributed by atoms with E-state index >= 15 is 0 Å². The highest BCUT2D eigenvalue weighted by molar-refractivity contribution is 9.10. The van der Waals surface area contributed by atoms with Crippen molar-refractivity contribution in [3.63, 3.8) is 0 Å². The first kappa shape index (κ1) is 21.8. The van der Waals surface area contributed by atoms with Gasteiger partial charge in [-0.05, 0) is 60.7 Å². The van der Waals surface area contributed by atoms with E-state index in [1.54, 1.807) is 6.07 Å². The largest absolute Gasteiger partial charge is 0.484 e. The summed E-state index contributed by atoms with van der Waals surface area (Å²) >= 11 is 3.40. The van der Waals surface area contributed by atoms with Crippen molar-refractivity contribution in [1.29, 1.82) is 0 Å². The van der Waals surface area contributed by atoms with Gasteiger partial charge in [0.15, 0.2) is 13.2 Å². The number of hydrogen-bond donors (Lipinski definition) is 2. The summed E-state index contributed by atoms with van der Waals surface area (Å²) in [5, 5.41) is 0. The van der Waals surface area contributed by atoms with Crippen molar-refractivity contribution in [2.75, 3.05) is 13.2 Å². The highest BCUT2D eigenvalue weighted by atomic mass is 79.9. The first-order chi connectivity index (χ1) is 13.4. The zero-order valence-electron chi connectivity index (χ0n) is 16.3. The number of carbonyl (C=O) groups is 2. The number of benzene rings is 2. The molecule has 2 aromatic rings. The number of hydrogen-bond acceptors (Lipinski definition) is 4. The molecule has 0 saturated heterocycles. The normalized spacial score (nSPS) is 11.4. The summed E-state index contributed by atoms with van der Waals surface area (Å²) in [6.45, 7) is 5.82. The van der Waals surface area contributed by atoms with Gasteiger partial charge < -0.3 is 9.47 Å². The highest BCUT2D eigenvalue weighted by Crippen LogP contribution is 2.22. The number of ether oxygens (including phenoxy) is 2. The van der Waals surface area contributed by atoms with Crippen LogP contribution in [0.15, 0.2) is 46.9 Å². The first-order valence-corrected chi connectivity index (χ1v) is 9.87. The molecule has 0 fully saturated rings. The fraction of sp³-hybridized carbons (Fsp3) is 0.333. The topological polar surface area (TPSA) is 76.7 Å². The number of aryl methyl sites for hydroxylation is 1. The fourth-order valence-electron chi connectivity index (χ4n) is 2.34. The van der Waals surface area contributed by atoms with Crippen LogP contribution >= 0.6 is 15.9 Å². The molecule has 0 aromatic heterocycles. The average molecular weight is 449 g/mol. The van der Waals surface area contributed by atoms with Crippen LogP contribution in [0.1, 0.15) is 37.3 Å². The number of nitrogens with one attached hydrogen (secondary N) is 2. The lowest BCUT2D eigenvalue weighted by Gasteiger charge is -2.12. The van der Waals surface area contributed by atoms with Gasteiger partial charge in [0.05, 0.1) is 0 Å². The van der Waals surface area contributed by atoms with Crippen molar-refractivity contribution in [2.45, 2.75) is 33.1 Å². The minimum absolute atomic E-state index is 0.199. The Labute approximate surface area is 173 Å². The van der Waals surface area contributed by atoms with Crippen molar-refractivity contribution in [1.82, 2.24) is 10.9 Å². The van der Waals surface area contributed by atoms with Crippen molar-refractivity contribution in [3.8, 4) is 11.5 Å². The molecule has 0 spiro atoms. The zero-order valence-corrected chi connectivity index (χ0v) is 17.8. The molecule has 0 saturated carbocycles. The Balaban J connectivity index is 1.68. The van der Waals surface area contributed by atoms with Crippen LogP contribution in [0.25, 0.3) is 0 Å². The first-order valence-electron chi connectivity index (χ1n) is 9.08. The summed E-state index contributed by atoms with van der Waals surface area (Å²) in [5.74, 6) is 0.732. The van der Waals surface area contributed by atoms with Crippen molar-refractivity contribution in [3.05, 3.63) is 58.1 Å². The SMILES string of the molecule is CC[C@@H](C)c1ccc(OCC(=O)NNC(=O)COc2ccc(Br)c(C)c2)cc1. The molecule has 28 heavy (non-hydrogen) atoms. The molecule has 2 aromatic carbocycles. The lowest BCUT2D eigenvalue weighted by Crippen LogP contribution is -2.45. The molecule has 2 amide bonds. The van der Waals surface area contributed by atoms with E-state index in [1.165, 1.54) is 5.56 Å². The van der Waals surface area contributed by atoms with Crippen LogP contribution in [-0.2, 0) is 9.59 Å². The quantitative estimate of drug-likeness (QED) is 0.600. The van der Waals surface area contributed by atoms with E-state index in [2.05, 4.69) is 40.6 Å². The third kappa shape index (κ3) is 6.88. The number of hydrazine groups is 1. The average Bonchev–Trinajstić information content (AvgIpc) is 2.71. The second kappa shape index (κ2) is 10.7. The van der Waals surface area contributed by atoms with Gasteiger partial charge in [0.1, 0.15) is 11.5 Å². The second-order valence-electron chi connectivity index (χ2n) is 6.46. The highest BCUT2D eigenvalue weighted by Gasteiger charge is 2.08. The molecular weight excluding hydrogens is 424 g/mol. The van der Waals surface area contributed by atoms with Crippen LogP contribution in [0.3, 0.4) is 0 Å². The van der Waals surface area contributed by atoms with Gasteiger partial charge in [-0.15, -0.1) is 0 Å². The fourth-order valence-corrected chi connectivity index (χ4v) is 2.59. The molecule has 150 valence electrons. The number of rotatable bonds is 8. The summed E-state index contributed by atoms with van der Waals surface area (Å²) < 4.78 is 11.8. The summed E-state index contributed by atoms with van der Waals surface area (Å²) in [5.41, 5.74) is 6.82. The van der Waals surface area contributed by atoms with Gasteiger partial charge in [-0.2, -0.15) is 0 Å².